The molecule has 0 aromatic carbocycles. The minimum absolute atomic E-state index is 0.451. The molecule has 0 saturated heterocycles. The van der Waals surface area contributed by atoms with E-state index in [-0.39, 0.29) is 0 Å². The van der Waals surface area contributed by atoms with Gasteiger partial charge in [-0.3, -0.25) is 0 Å². The number of aliphatic hydroxyl groups excluding tert-OH is 1. The molecule has 0 fully saturated rings. The Labute approximate surface area is 59.1 Å². The van der Waals surface area contributed by atoms with Gasteiger partial charge in [0.05, 0.1) is 8.07 Å². The molecular weight excluding hydrogens is 128 g/mol. The molecule has 56 valence electrons. The lowest BCUT2D eigenvalue weighted by atomic mass is 10.4. The van der Waals surface area contributed by atoms with E-state index in [1.807, 2.05) is 0 Å². The Morgan fingerprint density at radius 1 is 1.33 bits per heavy atom. The van der Waals surface area contributed by atoms with Crippen LogP contribution in [0.25, 0.3) is 0 Å². The SMILES string of the molecule is CCCC[Si](C)(C)CO. The molecule has 0 saturated carbocycles. The van der Waals surface area contributed by atoms with Crippen molar-refractivity contribution in [2.45, 2.75) is 38.9 Å². The molecule has 0 spiro atoms. The van der Waals surface area contributed by atoms with Crippen molar-refractivity contribution in [2.24, 2.45) is 0 Å². The monoisotopic (exact) mass is 146 g/mol. The topological polar surface area (TPSA) is 20.2 Å². The van der Waals surface area contributed by atoms with Crippen LogP contribution in [0.2, 0.25) is 19.1 Å². The van der Waals surface area contributed by atoms with Crippen LogP contribution < -0.4 is 0 Å². The second-order valence-electron chi connectivity index (χ2n) is 3.43. The molecule has 0 atom stereocenters. The first-order valence-electron chi connectivity index (χ1n) is 3.73. The summed E-state index contributed by atoms with van der Waals surface area (Å²) in [7, 11) is -1.14. The molecule has 1 nitrogen and oxygen atoms in total. The van der Waals surface area contributed by atoms with Crippen molar-refractivity contribution in [3.63, 3.8) is 0 Å². The lowest BCUT2D eigenvalue weighted by Crippen LogP contribution is -2.30. The number of aliphatic hydroxyl groups is 1. The molecular formula is C7H18OSi. The molecule has 0 unspecified atom stereocenters. The van der Waals surface area contributed by atoms with Crippen LogP contribution >= 0.6 is 0 Å². The lowest BCUT2D eigenvalue weighted by Gasteiger charge is -2.17. The minimum atomic E-state index is -1.14. The van der Waals surface area contributed by atoms with E-state index in [4.69, 9.17) is 5.11 Å². The average Bonchev–Trinajstić information content (AvgIpc) is 1.84. The number of hydrogen-bond acceptors (Lipinski definition) is 1. The summed E-state index contributed by atoms with van der Waals surface area (Å²) in [6, 6.07) is 1.28. The maximum Gasteiger partial charge on any atom is 0.0772 e. The van der Waals surface area contributed by atoms with Gasteiger partial charge in [0.15, 0.2) is 0 Å². The number of hydrogen-bond donors (Lipinski definition) is 1. The molecule has 0 bridgehead atoms. The molecule has 0 rings (SSSR count). The van der Waals surface area contributed by atoms with Gasteiger partial charge in [0.1, 0.15) is 0 Å². The summed E-state index contributed by atoms with van der Waals surface area (Å²) in [6.07, 6.45) is 3.00. The van der Waals surface area contributed by atoms with Crippen LogP contribution in [0.3, 0.4) is 0 Å². The van der Waals surface area contributed by atoms with E-state index in [0.29, 0.717) is 6.23 Å². The fraction of sp³-hybridized carbons (Fsp3) is 1.00. The van der Waals surface area contributed by atoms with Crippen LogP contribution in [0.4, 0.5) is 0 Å². The fourth-order valence-corrected chi connectivity index (χ4v) is 2.20. The summed E-state index contributed by atoms with van der Waals surface area (Å²) < 4.78 is 0. The molecule has 1 N–H and O–H groups in total. The third-order valence-corrected chi connectivity index (χ3v) is 4.20. The number of rotatable bonds is 4. The predicted octanol–water partition coefficient (Wildman–Crippen LogP) is 2.03. The van der Waals surface area contributed by atoms with E-state index >= 15 is 0 Å². The van der Waals surface area contributed by atoms with Gasteiger partial charge in [-0.15, -0.1) is 0 Å². The van der Waals surface area contributed by atoms with Gasteiger partial charge in [0, 0.05) is 6.23 Å². The first-order chi connectivity index (χ1) is 4.12. The van der Waals surface area contributed by atoms with Crippen molar-refractivity contribution in [3.05, 3.63) is 0 Å². The summed E-state index contributed by atoms with van der Waals surface area (Å²) in [5, 5.41) is 8.88. The van der Waals surface area contributed by atoms with Crippen molar-refractivity contribution < 1.29 is 5.11 Å². The third kappa shape index (κ3) is 4.67. The summed E-state index contributed by atoms with van der Waals surface area (Å²) >= 11 is 0. The van der Waals surface area contributed by atoms with Crippen LogP contribution in [0, 0.1) is 0 Å². The zero-order valence-corrected chi connectivity index (χ0v) is 7.78. The van der Waals surface area contributed by atoms with Crippen LogP contribution in [-0.2, 0) is 0 Å². The van der Waals surface area contributed by atoms with Gasteiger partial charge in [0.25, 0.3) is 0 Å². The highest BCUT2D eigenvalue weighted by Crippen LogP contribution is 2.11. The average molecular weight is 146 g/mol. The highest BCUT2D eigenvalue weighted by atomic mass is 28.3. The summed E-state index contributed by atoms with van der Waals surface area (Å²) in [5.74, 6) is 0. The second kappa shape index (κ2) is 4.07. The van der Waals surface area contributed by atoms with Gasteiger partial charge >= 0.3 is 0 Å². The molecule has 0 aliphatic carbocycles. The number of unbranched alkanes of at least 4 members (excludes halogenated alkanes) is 1. The Morgan fingerprint density at radius 3 is 2.22 bits per heavy atom. The lowest BCUT2D eigenvalue weighted by molar-refractivity contribution is 0.357. The Bertz CT molecular complexity index is 71.3. The van der Waals surface area contributed by atoms with Gasteiger partial charge in [-0.25, -0.2) is 0 Å². The molecule has 0 aliphatic rings. The highest BCUT2D eigenvalue weighted by Gasteiger charge is 2.17. The highest BCUT2D eigenvalue weighted by molar-refractivity contribution is 6.77. The predicted molar refractivity (Wildman–Crippen MR) is 44.3 cm³/mol. The van der Waals surface area contributed by atoms with Gasteiger partial charge < -0.3 is 5.11 Å². The smallest absolute Gasteiger partial charge is 0.0772 e. The zero-order chi connectivity index (χ0) is 7.33. The van der Waals surface area contributed by atoms with Crippen molar-refractivity contribution >= 4 is 8.07 Å². The zero-order valence-electron chi connectivity index (χ0n) is 6.78. The van der Waals surface area contributed by atoms with E-state index in [1.165, 1.54) is 18.9 Å². The first kappa shape index (κ1) is 9.18. The van der Waals surface area contributed by atoms with E-state index in [0.717, 1.165) is 0 Å². The Balaban J connectivity index is 3.33. The van der Waals surface area contributed by atoms with Crippen LogP contribution in [-0.4, -0.2) is 19.4 Å². The van der Waals surface area contributed by atoms with Crippen LogP contribution in [0.15, 0.2) is 0 Å². The molecule has 0 aromatic heterocycles. The van der Waals surface area contributed by atoms with E-state index in [2.05, 4.69) is 20.0 Å². The van der Waals surface area contributed by atoms with Gasteiger partial charge in [0.2, 0.25) is 0 Å². The maximum absolute atomic E-state index is 8.88. The largest absolute Gasteiger partial charge is 0.400 e. The standard InChI is InChI=1S/C7H18OSi/c1-4-5-6-9(2,3)7-8/h8H,4-7H2,1-3H3. The van der Waals surface area contributed by atoms with Gasteiger partial charge in [-0.1, -0.05) is 38.9 Å². The Kier molecular flexibility index (Phi) is 4.15. The quantitative estimate of drug-likeness (QED) is 0.602. The minimum Gasteiger partial charge on any atom is -0.400 e. The van der Waals surface area contributed by atoms with E-state index in [9.17, 15) is 0 Å². The van der Waals surface area contributed by atoms with Crippen LogP contribution in [0.1, 0.15) is 19.8 Å². The fourth-order valence-electron chi connectivity index (χ4n) is 0.734. The van der Waals surface area contributed by atoms with Crippen molar-refractivity contribution in [1.82, 2.24) is 0 Å². The van der Waals surface area contributed by atoms with Crippen molar-refractivity contribution in [1.29, 1.82) is 0 Å². The summed E-state index contributed by atoms with van der Waals surface area (Å²) in [4.78, 5) is 0. The molecule has 0 amide bonds. The van der Waals surface area contributed by atoms with Gasteiger partial charge in [-0.05, 0) is 0 Å². The summed E-state index contributed by atoms with van der Waals surface area (Å²) in [5.41, 5.74) is 0. The maximum atomic E-state index is 8.88. The second-order valence-corrected chi connectivity index (χ2v) is 8.57. The molecule has 0 aliphatic heterocycles. The van der Waals surface area contributed by atoms with Crippen molar-refractivity contribution in [2.75, 3.05) is 6.23 Å². The molecule has 9 heavy (non-hydrogen) atoms. The van der Waals surface area contributed by atoms with Gasteiger partial charge in [-0.2, -0.15) is 0 Å². The van der Waals surface area contributed by atoms with E-state index in [1.54, 1.807) is 0 Å². The summed E-state index contributed by atoms with van der Waals surface area (Å²) in [6.45, 7) is 6.67. The molecule has 2 heteroatoms. The Morgan fingerprint density at radius 2 is 1.89 bits per heavy atom. The van der Waals surface area contributed by atoms with Crippen LogP contribution in [0.5, 0.6) is 0 Å². The Hall–Kier alpha value is 0.177. The molecule has 0 aromatic rings. The van der Waals surface area contributed by atoms with Crippen molar-refractivity contribution in [3.8, 4) is 0 Å². The molecule has 0 heterocycles. The normalized spacial score (nSPS) is 12.0. The molecule has 0 radical (unpaired) electrons. The third-order valence-electron chi connectivity index (χ3n) is 1.64. The first-order valence-corrected chi connectivity index (χ1v) is 7.14. The van der Waals surface area contributed by atoms with E-state index < -0.39 is 8.07 Å².